The van der Waals surface area contributed by atoms with E-state index in [9.17, 15) is 152 Å². The number of carbonyl (C=O) groups is 21. The molecule has 55 heteroatoms. The molecule has 0 spiro atoms. The predicted octanol–water partition coefficient (Wildman–Crippen LogP) is -13.0. The maximum Gasteiger partial charge on any atom is 0.326 e. The molecule has 0 unspecified atom stereocenters. The standard InChI is InChI=1S/C87H122N24O31/c1-39(2)22-54(99-71(125)41(4)97-74(128)53(88)34-112)82(136)111-70(45(8)117)86(140)108-63(36-114)83(137)103-60(29-67(123)124)81(135)102-59(28-64(89)120)80(134)101-57(26-49-30-90-37-94-49)75(129)92-32-65(121)96-40(3)73(127)110-69(44(7)116)85(139)104-55(24-47-14-18-51(118)19-15-47)77(131)98-42(5)72(126)100-56(23-46-12-10-9-11-13-46)78(132)107-62(35-113)76(130)93-33-66(122)109-68(43(6)115)84(138)105-58(27-50-31-91-38-95-50)79(133)106-61(87(141)142)25-48-16-20-52(119)21-17-48/h9-21,30-31,37-45,53-63,68-70,112-119H,22-29,32-36,88H2,1-8H3,(H2,89,120)(H,90,94)(H,91,95)(H,92,129)(H,93,130)(H,96,121)(H,97,128)(H,98,131)(H,99,125)(H,100,126)(H,101,134)(H,102,135)(H,103,137)(H,104,139)(H,105,138)(H,106,133)(H,107,132)(H,108,140)(H,109,122)(H,110,127)(H,111,136)(H,123,124)(H,141,142)/t40-,41-,42-,43+,44+,45+,53-,54-,55-,56-,57-,58-,59-,60-,61-,62-,63-,68-,69-,70-/m0/s1. The summed E-state index contributed by atoms with van der Waals surface area (Å²) in [5, 5.41) is 143. The maximum absolute atomic E-state index is 14.4. The Morgan fingerprint density at radius 2 is 0.648 bits per heavy atom. The van der Waals surface area contributed by atoms with Gasteiger partial charge < -0.3 is 168 Å². The number of hydrogen-bond donors (Lipinski definition) is 32. The van der Waals surface area contributed by atoms with Gasteiger partial charge in [0.05, 0.1) is 88.1 Å². The molecule has 0 fully saturated rings. The lowest BCUT2D eigenvalue weighted by atomic mass is 10.0. The van der Waals surface area contributed by atoms with Gasteiger partial charge in [-0.05, 0) is 94.8 Å². The van der Waals surface area contributed by atoms with Gasteiger partial charge in [0.15, 0.2) is 0 Å². The number of nitrogens with zero attached hydrogens (tertiary/aromatic N) is 2. The summed E-state index contributed by atoms with van der Waals surface area (Å²) >= 11 is 0. The molecule has 2 aromatic heterocycles. The molecule has 0 saturated carbocycles. The van der Waals surface area contributed by atoms with Gasteiger partial charge in [0.25, 0.3) is 0 Å². The zero-order chi connectivity index (χ0) is 106. The molecule has 5 rings (SSSR count). The van der Waals surface area contributed by atoms with Crippen molar-refractivity contribution in [2.75, 3.05) is 32.9 Å². The highest BCUT2D eigenvalue weighted by Crippen LogP contribution is 2.17. The van der Waals surface area contributed by atoms with Crippen molar-refractivity contribution in [1.29, 1.82) is 0 Å². The summed E-state index contributed by atoms with van der Waals surface area (Å²) in [7, 11) is 0. The fourth-order valence-electron chi connectivity index (χ4n) is 13.2. The minimum absolute atomic E-state index is 0.0639. The molecule has 3 aromatic carbocycles. The van der Waals surface area contributed by atoms with Crippen molar-refractivity contribution in [3.8, 4) is 11.5 Å². The van der Waals surface area contributed by atoms with Crippen LogP contribution in [-0.2, 0) is 133 Å². The number of aliphatic hydroxyl groups is 6. The molecule has 5 aromatic rings. The largest absolute Gasteiger partial charge is 0.508 e. The summed E-state index contributed by atoms with van der Waals surface area (Å²) in [6, 6.07) is -11.3. The number of nitrogens with two attached hydrogens (primary N) is 2. The molecular weight excluding hydrogens is 1880 g/mol. The topological polar surface area (TPSA) is 887 Å². The fourth-order valence-corrected chi connectivity index (χ4v) is 13.2. The van der Waals surface area contributed by atoms with E-state index in [0.29, 0.717) is 11.1 Å². The highest BCUT2D eigenvalue weighted by molar-refractivity contribution is 6.03. The van der Waals surface area contributed by atoms with E-state index in [1.807, 2.05) is 16.0 Å². The van der Waals surface area contributed by atoms with Crippen molar-refractivity contribution >= 4 is 124 Å². The Hall–Kier alpha value is -15.7. The molecule has 55 nitrogen and oxygen atoms in total. The van der Waals surface area contributed by atoms with Crippen LogP contribution in [0.15, 0.2) is 104 Å². The van der Waals surface area contributed by atoms with Crippen LogP contribution >= 0.6 is 0 Å². The average Bonchev–Trinajstić information content (AvgIpc) is 1.36. The Morgan fingerprint density at radius 1 is 0.331 bits per heavy atom. The van der Waals surface area contributed by atoms with Gasteiger partial charge in [-0.1, -0.05) is 68.4 Å². The summed E-state index contributed by atoms with van der Waals surface area (Å²) in [6.45, 7) is 4.79. The van der Waals surface area contributed by atoms with Gasteiger partial charge in [-0.3, -0.25) is 95.9 Å². The van der Waals surface area contributed by atoms with Crippen LogP contribution in [0.5, 0.6) is 11.5 Å². The Labute approximate surface area is 809 Å². The third-order valence-corrected chi connectivity index (χ3v) is 21.0. The smallest absolute Gasteiger partial charge is 0.326 e. The van der Waals surface area contributed by atoms with E-state index < -0.39 is 304 Å². The molecule has 776 valence electrons. The van der Waals surface area contributed by atoms with Gasteiger partial charge in [0, 0.05) is 44.5 Å². The molecule has 0 aliphatic heterocycles. The van der Waals surface area contributed by atoms with Crippen LogP contribution in [0.3, 0.4) is 0 Å². The first-order valence-electron chi connectivity index (χ1n) is 44.2. The van der Waals surface area contributed by atoms with Crippen LogP contribution in [0.2, 0.25) is 0 Å². The number of phenols is 2. The first-order valence-corrected chi connectivity index (χ1v) is 44.2. The second-order valence-electron chi connectivity index (χ2n) is 33.4. The molecule has 0 saturated heterocycles. The lowest BCUT2D eigenvalue weighted by Crippen LogP contribution is -2.62. The van der Waals surface area contributed by atoms with Crippen LogP contribution in [0.1, 0.15) is 103 Å². The molecule has 20 atom stereocenters. The predicted molar refractivity (Wildman–Crippen MR) is 490 cm³/mol. The zero-order valence-corrected chi connectivity index (χ0v) is 78.2. The minimum atomic E-state index is -2.24. The number of aromatic hydroxyl groups is 2. The van der Waals surface area contributed by atoms with Crippen molar-refractivity contribution in [3.05, 3.63) is 132 Å². The third kappa shape index (κ3) is 39.6. The molecule has 0 aliphatic carbocycles. The Morgan fingerprint density at radius 3 is 1.07 bits per heavy atom. The SMILES string of the molecule is CC(C)C[C@H](NC(=O)[C@H](C)NC(=O)[C@@H](N)CO)C(=O)N[C@H](C(=O)N[C@@H](CO)C(=O)N[C@@H](CC(=O)O)C(=O)N[C@@H](CC(N)=O)C(=O)N[C@@H](Cc1c[nH]cn1)C(=O)NCC(=O)N[C@@H](C)C(=O)N[C@H](C(=O)N[C@@H](Cc1ccc(O)cc1)C(=O)N[C@@H](C)C(=O)N[C@@H](Cc1ccccc1)C(=O)N[C@@H](CO)C(=O)NCC(=O)N[C@H](C(=O)N[C@@H](Cc1c[nH]cn1)C(=O)N[C@@H](Cc1ccc(O)cc1)C(=O)O)[C@@H](C)O)[C@@H](C)O)[C@@H](C)O. The normalized spacial score (nSPS) is 15.3. The second-order valence-corrected chi connectivity index (χ2v) is 33.4. The highest BCUT2D eigenvalue weighted by Gasteiger charge is 2.41. The first kappa shape index (κ1) is 117. The number of H-pyrrole nitrogens is 2. The number of aliphatic hydroxyl groups excluding tert-OH is 6. The Balaban J connectivity index is 1.23. The van der Waals surface area contributed by atoms with E-state index in [1.165, 1.54) is 74.2 Å². The Bertz CT molecular complexity index is 5170. The quantitative estimate of drug-likeness (QED) is 0.0172. The number of rotatable bonds is 59. The number of aromatic nitrogens is 4. The van der Waals surface area contributed by atoms with E-state index in [1.54, 1.807) is 44.2 Å². The van der Waals surface area contributed by atoms with E-state index in [-0.39, 0.29) is 60.1 Å². The minimum Gasteiger partial charge on any atom is -0.508 e. The number of carboxylic acids is 2. The van der Waals surface area contributed by atoms with Gasteiger partial charge in [-0.15, -0.1) is 0 Å². The lowest BCUT2D eigenvalue weighted by Gasteiger charge is -2.28. The van der Waals surface area contributed by atoms with Crippen LogP contribution in [-0.4, -0.2) is 349 Å². The van der Waals surface area contributed by atoms with Gasteiger partial charge in [0.2, 0.25) is 112 Å². The molecule has 34 N–H and O–H groups in total. The molecule has 0 bridgehead atoms. The number of carbonyl (C=O) groups excluding carboxylic acids is 19. The van der Waals surface area contributed by atoms with Gasteiger partial charge in [-0.2, -0.15) is 0 Å². The average molecular weight is 2000 g/mol. The van der Waals surface area contributed by atoms with E-state index in [4.69, 9.17) is 11.5 Å². The van der Waals surface area contributed by atoms with Crippen molar-refractivity contribution in [3.63, 3.8) is 0 Å². The molecular formula is C87H122N24O31. The summed E-state index contributed by atoms with van der Waals surface area (Å²) < 4.78 is 0. The second kappa shape index (κ2) is 57.6. The Kier molecular flexibility index (Phi) is 47.4. The molecule has 0 radical (unpaired) electrons. The van der Waals surface area contributed by atoms with Gasteiger partial charge >= 0.3 is 11.9 Å². The van der Waals surface area contributed by atoms with Crippen molar-refractivity contribution in [2.45, 2.75) is 228 Å². The maximum atomic E-state index is 14.4. The van der Waals surface area contributed by atoms with Crippen LogP contribution < -0.4 is 107 Å². The summed E-state index contributed by atoms with van der Waals surface area (Å²) in [5.74, 6) is -26.5. The van der Waals surface area contributed by atoms with Crippen molar-refractivity contribution in [1.82, 2.24) is 116 Å². The number of imidazole rings is 2. The van der Waals surface area contributed by atoms with E-state index in [0.717, 1.165) is 40.9 Å². The number of nitrogens with one attached hydrogen (secondary N) is 20. The highest BCUT2D eigenvalue weighted by atomic mass is 16.4. The van der Waals surface area contributed by atoms with Gasteiger partial charge in [-0.25, -0.2) is 14.8 Å². The van der Waals surface area contributed by atoms with Crippen molar-refractivity contribution < 1.29 is 152 Å². The third-order valence-electron chi connectivity index (χ3n) is 21.0. The van der Waals surface area contributed by atoms with Crippen LogP contribution in [0.4, 0.5) is 0 Å². The summed E-state index contributed by atoms with van der Waals surface area (Å²) in [6.07, 6.45) is -4.57. The van der Waals surface area contributed by atoms with Gasteiger partial charge in [0.1, 0.15) is 114 Å². The van der Waals surface area contributed by atoms with Crippen LogP contribution in [0.25, 0.3) is 0 Å². The van der Waals surface area contributed by atoms with Crippen molar-refractivity contribution in [2.24, 2.45) is 17.4 Å². The number of hydrogen-bond acceptors (Lipinski definition) is 32. The number of amides is 19. The lowest BCUT2D eigenvalue weighted by molar-refractivity contribution is -0.142. The summed E-state index contributed by atoms with van der Waals surface area (Å²) in [4.78, 5) is 298. The number of aromatic amines is 2. The number of aliphatic carboxylic acids is 2. The number of phenolic OH excluding ortho intramolecular Hbond substituents is 2. The summed E-state index contributed by atoms with van der Waals surface area (Å²) in [5.41, 5.74) is 12.3. The fraction of sp³-hybridized carbons (Fsp3) is 0.483. The number of carboxylic acid groups (broad SMARTS) is 2. The van der Waals surface area contributed by atoms with E-state index in [2.05, 4.69) is 99.7 Å². The number of benzene rings is 3. The molecule has 142 heavy (non-hydrogen) atoms. The molecule has 0 aliphatic rings. The monoisotopic (exact) mass is 2000 g/mol. The molecule has 19 amide bonds. The number of primary amides is 1. The zero-order valence-electron chi connectivity index (χ0n) is 78.2. The van der Waals surface area contributed by atoms with E-state index >= 15 is 0 Å². The first-order chi connectivity index (χ1) is 66.9. The molecule has 2 heterocycles. The van der Waals surface area contributed by atoms with Crippen LogP contribution in [0, 0.1) is 5.92 Å².